The molecule has 0 aromatic carbocycles. The maximum absolute atomic E-state index is 12.4. The molecule has 0 bridgehead atoms. The highest BCUT2D eigenvalue weighted by Crippen LogP contribution is 2.07. The molecule has 0 fully saturated rings. The molecule has 0 radical (unpaired) electrons. The summed E-state index contributed by atoms with van der Waals surface area (Å²) < 4.78 is 0. The summed E-state index contributed by atoms with van der Waals surface area (Å²) in [5.41, 5.74) is 0.400. The van der Waals surface area contributed by atoms with Crippen LogP contribution in [0.25, 0.3) is 0 Å². The molecule has 0 aliphatic rings. The zero-order valence-electron chi connectivity index (χ0n) is 12.1. The third-order valence-corrected chi connectivity index (χ3v) is 3.08. The van der Waals surface area contributed by atoms with E-state index >= 15 is 0 Å². The Morgan fingerprint density at radius 3 is 2.15 bits per heavy atom. The molecule has 0 spiro atoms. The normalized spacial score (nSPS) is 10.3. The van der Waals surface area contributed by atoms with E-state index in [0.717, 1.165) is 38.8 Å². The minimum absolute atomic E-state index is 0.0928. The number of carbonyl (C=O) groups is 2. The number of carboxylic acids is 1. The first-order valence-corrected chi connectivity index (χ1v) is 7.08. The lowest BCUT2D eigenvalue weighted by atomic mass is 10.2. The Morgan fingerprint density at radius 1 is 1.15 bits per heavy atom. The lowest BCUT2D eigenvalue weighted by Crippen LogP contribution is -2.33. The molecular weight excluding hydrogens is 256 g/mol. The number of amides is 1. The molecule has 0 saturated carbocycles. The molecule has 1 heterocycles. The van der Waals surface area contributed by atoms with Crippen LogP contribution >= 0.6 is 0 Å². The fourth-order valence-corrected chi connectivity index (χ4v) is 1.82. The molecule has 110 valence electrons. The highest BCUT2D eigenvalue weighted by Gasteiger charge is 2.16. The van der Waals surface area contributed by atoms with Gasteiger partial charge >= 0.3 is 5.97 Å². The number of carbonyl (C=O) groups excluding carboxylic acids is 1. The molecule has 1 rings (SSSR count). The third kappa shape index (κ3) is 4.64. The van der Waals surface area contributed by atoms with Crippen molar-refractivity contribution < 1.29 is 14.7 Å². The van der Waals surface area contributed by atoms with E-state index in [1.807, 2.05) is 0 Å². The Morgan fingerprint density at radius 2 is 1.75 bits per heavy atom. The van der Waals surface area contributed by atoms with Crippen LogP contribution in [-0.2, 0) is 0 Å². The Kier molecular flexibility index (Phi) is 6.70. The molecule has 20 heavy (non-hydrogen) atoms. The topological polar surface area (TPSA) is 70.5 Å². The second-order valence-corrected chi connectivity index (χ2v) is 4.74. The van der Waals surface area contributed by atoms with Crippen molar-refractivity contribution in [1.29, 1.82) is 0 Å². The second-order valence-electron chi connectivity index (χ2n) is 4.74. The SMILES string of the molecule is CCCCN(CCCC)C(=O)c1ccc(C(=O)O)cn1. The van der Waals surface area contributed by atoms with Crippen LogP contribution in [0.3, 0.4) is 0 Å². The van der Waals surface area contributed by atoms with Gasteiger partial charge in [-0.1, -0.05) is 26.7 Å². The smallest absolute Gasteiger partial charge is 0.337 e. The largest absolute Gasteiger partial charge is 0.478 e. The van der Waals surface area contributed by atoms with Gasteiger partial charge in [0.2, 0.25) is 0 Å². The van der Waals surface area contributed by atoms with Crippen LogP contribution in [0, 0.1) is 0 Å². The summed E-state index contributed by atoms with van der Waals surface area (Å²) >= 11 is 0. The van der Waals surface area contributed by atoms with E-state index < -0.39 is 5.97 Å². The van der Waals surface area contributed by atoms with Gasteiger partial charge in [-0.2, -0.15) is 0 Å². The van der Waals surface area contributed by atoms with Crippen molar-refractivity contribution in [3.63, 3.8) is 0 Å². The maximum atomic E-state index is 12.4. The molecule has 1 amide bonds. The quantitative estimate of drug-likeness (QED) is 0.793. The summed E-state index contributed by atoms with van der Waals surface area (Å²) in [6.07, 6.45) is 5.21. The molecule has 0 aliphatic carbocycles. The number of hydrogen-bond acceptors (Lipinski definition) is 3. The fraction of sp³-hybridized carbons (Fsp3) is 0.533. The average molecular weight is 278 g/mol. The van der Waals surface area contributed by atoms with Gasteiger partial charge in [-0.15, -0.1) is 0 Å². The van der Waals surface area contributed by atoms with Gasteiger partial charge in [-0.25, -0.2) is 4.79 Å². The van der Waals surface area contributed by atoms with Crippen LogP contribution in [0.2, 0.25) is 0 Å². The summed E-state index contributed by atoms with van der Waals surface area (Å²) in [5, 5.41) is 8.82. The summed E-state index contributed by atoms with van der Waals surface area (Å²) in [5.74, 6) is -1.16. The number of aromatic nitrogens is 1. The van der Waals surface area contributed by atoms with Crippen LogP contribution < -0.4 is 0 Å². The fourth-order valence-electron chi connectivity index (χ4n) is 1.82. The van der Waals surface area contributed by atoms with Crippen molar-refractivity contribution in [3.8, 4) is 0 Å². The van der Waals surface area contributed by atoms with Crippen LogP contribution in [-0.4, -0.2) is 40.0 Å². The highest BCUT2D eigenvalue weighted by molar-refractivity contribution is 5.93. The molecule has 1 N–H and O–H groups in total. The standard InChI is InChI=1S/C15H22N2O3/c1-3-5-9-17(10-6-4-2)14(18)13-8-7-12(11-16-13)15(19)20/h7-8,11H,3-6,9-10H2,1-2H3,(H,19,20). The number of carboxylic acid groups (broad SMARTS) is 1. The Hall–Kier alpha value is -1.91. The van der Waals surface area contributed by atoms with E-state index in [-0.39, 0.29) is 11.5 Å². The highest BCUT2D eigenvalue weighted by atomic mass is 16.4. The number of nitrogens with zero attached hydrogens (tertiary/aromatic N) is 2. The maximum Gasteiger partial charge on any atom is 0.337 e. The summed E-state index contributed by atoms with van der Waals surface area (Å²) in [6, 6.07) is 2.90. The number of pyridine rings is 1. The van der Waals surface area contributed by atoms with Crippen molar-refractivity contribution in [2.45, 2.75) is 39.5 Å². The van der Waals surface area contributed by atoms with Gasteiger partial charge in [0.25, 0.3) is 5.91 Å². The van der Waals surface area contributed by atoms with E-state index in [1.165, 1.54) is 18.3 Å². The number of hydrogen-bond donors (Lipinski definition) is 1. The lowest BCUT2D eigenvalue weighted by molar-refractivity contribution is 0.0692. The van der Waals surface area contributed by atoms with Gasteiger partial charge in [0.1, 0.15) is 5.69 Å². The minimum atomic E-state index is -1.04. The van der Waals surface area contributed by atoms with E-state index in [2.05, 4.69) is 18.8 Å². The first kappa shape index (κ1) is 16.1. The molecule has 1 aromatic rings. The molecule has 1 aromatic heterocycles. The molecular formula is C15H22N2O3. The van der Waals surface area contributed by atoms with Gasteiger partial charge in [0, 0.05) is 19.3 Å². The lowest BCUT2D eigenvalue weighted by Gasteiger charge is -2.22. The van der Waals surface area contributed by atoms with Crippen LogP contribution in [0.1, 0.15) is 60.4 Å². The minimum Gasteiger partial charge on any atom is -0.478 e. The van der Waals surface area contributed by atoms with Gasteiger partial charge in [0.15, 0.2) is 0 Å². The Labute approximate surface area is 119 Å². The zero-order valence-corrected chi connectivity index (χ0v) is 12.1. The van der Waals surface area contributed by atoms with Crippen molar-refractivity contribution in [2.75, 3.05) is 13.1 Å². The Balaban J connectivity index is 2.78. The number of aromatic carboxylic acids is 1. The van der Waals surface area contributed by atoms with E-state index in [4.69, 9.17) is 5.11 Å². The molecule has 0 saturated heterocycles. The van der Waals surface area contributed by atoms with Crippen LogP contribution in [0.4, 0.5) is 0 Å². The first-order valence-electron chi connectivity index (χ1n) is 7.08. The monoisotopic (exact) mass is 278 g/mol. The predicted octanol–water partition coefficient (Wildman–Crippen LogP) is 2.82. The van der Waals surface area contributed by atoms with Crippen LogP contribution in [0.5, 0.6) is 0 Å². The van der Waals surface area contributed by atoms with Crippen molar-refractivity contribution in [1.82, 2.24) is 9.88 Å². The Bertz CT molecular complexity index is 435. The first-order chi connectivity index (χ1) is 9.60. The van der Waals surface area contributed by atoms with Gasteiger partial charge < -0.3 is 10.0 Å². The third-order valence-electron chi connectivity index (χ3n) is 3.08. The van der Waals surface area contributed by atoms with Crippen molar-refractivity contribution >= 4 is 11.9 Å². The summed E-state index contributed by atoms with van der Waals surface area (Å²) in [6.45, 7) is 5.61. The molecule has 5 heteroatoms. The van der Waals surface area contributed by atoms with Crippen LogP contribution in [0.15, 0.2) is 18.3 Å². The molecule has 5 nitrogen and oxygen atoms in total. The van der Waals surface area contributed by atoms with E-state index in [1.54, 1.807) is 4.90 Å². The average Bonchev–Trinajstić information content (AvgIpc) is 2.47. The number of rotatable bonds is 8. The van der Waals surface area contributed by atoms with E-state index in [9.17, 15) is 9.59 Å². The molecule has 0 atom stereocenters. The van der Waals surface area contributed by atoms with Crippen molar-refractivity contribution in [2.24, 2.45) is 0 Å². The number of unbranched alkanes of at least 4 members (excludes halogenated alkanes) is 2. The second kappa shape index (κ2) is 8.30. The van der Waals surface area contributed by atoms with Gasteiger partial charge in [-0.05, 0) is 25.0 Å². The van der Waals surface area contributed by atoms with E-state index in [0.29, 0.717) is 5.69 Å². The van der Waals surface area contributed by atoms with Crippen molar-refractivity contribution in [3.05, 3.63) is 29.6 Å². The summed E-state index contributed by atoms with van der Waals surface area (Å²) in [7, 11) is 0. The zero-order chi connectivity index (χ0) is 15.0. The van der Waals surface area contributed by atoms with Gasteiger partial charge in [-0.3, -0.25) is 9.78 Å². The summed E-state index contributed by atoms with van der Waals surface area (Å²) in [4.78, 5) is 28.9. The molecule has 0 unspecified atom stereocenters. The van der Waals surface area contributed by atoms with Gasteiger partial charge in [0.05, 0.1) is 5.56 Å². The predicted molar refractivity (Wildman–Crippen MR) is 76.9 cm³/mol. The molecule has 0 aliphatic heterocycles.